The number of fused-ring (bicyclic) bond motifs is 1. The van der Waals surface area contributed by atoms with Gasteiger partial charge in [0.2, 0.25) is 5.91 Å². The van der Waals surface area contributed by atoms with E-state index in [0.29, 0.717) is 23.0 Å². The fourth-order valence-corrected chi connectivity index (χ4v) is 4.50. The van der Waals surface area contributed by atoms with Crippen LogP contribution in [0.15, 0.2) is 24.3 Å². The highest BCUT2D eigenvalue weighted by Gasteiger charge is 2.33. The number of thioether (sulfide) groups is 1. The lowest BCUT2D eigenvalue weighted by Gasteiger charge is -2.16. The molecular formula is C19H17F2N5OS. The van der Waals surface area contributed by atoms with E-state index in [1.165, 1.54) is 28.6 Å². The van der Waals surface area contributed by atoms with Crippen molar-refractivity contribution in [3.63, 3.8) is 0 Å². The molecule has 0 radical (unpaired) electrons. The van der Waals surface area contributed by atoms with Gasteiger partial charge in [0.25, 0.3) is 5.95 Å². The molecule has 3 heterocycles. The van der Waals surface area contributed by atoms with Crippen LogP contribution >= 0.6 is 11.8 Å². The Hall–Kier alpha value is -2.81. The van der Waals surface area contributed by atoms with E-state index in [0.717, 1.165) is 17.5 Å². The first kappa shape index (κ1) is 18.5. The first-order valence-corrected chi connectivity index (χ1v) is 9.67. The van der Waals surface area contributed by atoms with Crippen molar-refractivity contribution in [1.29, 1.82) is 0 Å². The number of carbonyl (C=O) groups excluding carboxylic acids is 1. The Morgan fingerprint density at radius 3 is 2.61 bits per heavy atom. The summed E-state index contributed by atoms with van der Waals surface area (Å²) in [6.45, 7) is 5.44. The van der Waals surface area contributed by atoms with Crippen molar-refractivity contribution in [3.05, 3.63) is 64.1 Å². The predicted molar refractivity (Wildman–Crippen MR) is 103 cm³/mol. The van der Waals surface area contributed by atoms with Crippen LogP contribution in [0.2, 0.25) is 0 Å². The number of halogens is 2. The summed E-state index contributed by atoms with van der Waals surface area (Å²) in [5.41, 5.74) is 2.88. The van der Waals surface area contributed by atoms with E-state index in [1.54, 1.807) is 6.92 Å². The van der Waals surface area contributed by atoms with Crippen molar-refractivity contribution in [2.75, 3.05) is 11.1 Å². The van der Waals surface area contributed by atoms with Gasteiger partial charge in [-0.25, -0.2) is 18.7 Å². The average Bonchev–Trinajstić information content (AvgIpc) is 2.83. The minimum absolute atomic E-state index is 0.0996. The third-order valence-electron chi connectivity index (χ3n) is 4.43. The average molecular weight is 401 g/mol. The summed E-state index contributed by atoms with van der Waals surface area (Å²) in [4.78, 5) is 21.1. The molecule has 2 aromatic heterocycles. The summed E-state index contributed by atoms with van der Waals surface area (Å²) in [6, 6.07) is 5.89. The van der Waals surface area contributed by atoms with Gasteiger partial charge in [-0.2, -0.15) is 9.78 Å². The smallest absolute Gasteiger partial charge is 0.252 e. The molecule has 1 N–H and O–H groups in total. The quantitative estimate of drug-likeness (QED) is 0.710. The largest absolute Gasteiger partial charge is 0.309 e. The monoisotopic (exact) mass is 401 g/mol. The van der Waals surface area contributed by atoms with Gasteiger partial charge in [-0.1, -0.05) is 12.1 Å². The van der Waals surface area contributed by atoms with E-state index in [2.05, 4.69) is 20.4 Å². The Balaban J connectivity index is 1.94. The maximum Gasteiger partial charge on any atom is 0.252 e. The number of hydrogen-bond donors (Lipinski definition) is 1. The molecule has 4 rings (SSSR count). The van der Waals surface area contributed by atoms with Crippen LogP contribution < -0.4 is 5.32 Å². The van der Waals surface area contributed by atoms with Gasteiger partial charge >= 0.3 is 0 Å². The van der Waals surface area contributed by atoms with Crippen LogP contribution in [0, 0.1) is 32.4 Å². The van der Waals surface area contributed by atoms with Gasteiger partial charge in [0.1, 0.15) is 5.82 Å². The van der Waals surface area contributed by atoms with Crippen molar-refractivity contribution in [3.8, 4) is 5.95 Å². The SMILES string of the molecule is Cc1cc(C)nc(-n2nc(C)c3c2NC(=O)CS[C@H]3c2cccc(F)c2F)n1. The summed E-state index contributed by atoms with van der Waals surface area (Å²) in [5, 5.41) is 6.73. The molecule has 3 aromatic rings. The van der Waals surface area contributed by atoms with Crippen molar-refractivity contribution in [2.24, 2.45) is 0 Å². The van der Waals surface area contributed by atoms with Crippen molar-refractivity contribution in [1.82, 2.24) is 19.7 Å². The zero-order valence-corrected chi connectivity index (χ0v) is 16.3. The number of nitrogens with one attached hydrogen (secondary N) is 1. The molecule has 0 bridgehead atoms. The number of benzene rings is 1. The number of anilines is 1. The molecule has 0 spiro atoms. The number of rotatable bonds is 2. The minimum atomic E-state index is -0.925. The van der Waals surface area contributed by atoms with Crippen LogP contribution in [-0.4, -0.2) is 31.4 Å². The second-order valence-electron chi connectivity index (χ2n) is 6.59. The van der Waals surface area contributed by atoms with Gasteiger partial charge in [0, 0.05) is 22.5 Å². The van der Waals surface area contributed by atoms with Gasteiger partial charge in [-0.3, -0.25) is 4.79 Å². The standard InChI is InChI=1S/C19H17F2N5OS/c1-9-7-10(2)23-19(22-9)26-18-15(11(3)25-26)17(28-8-14(27)24-18)12-5-4-6-13(20)16(12)21/h4-7,17H,8H2,1-3H3,(H,24,27)/t17-/m0/s1. The van der Waals surface area contributed by atoms with E-state index in [9.17, 15) is 13.6 Å². The first-order chi connectivity index (χ1) is 13.3. The maximum absolute atomic E-state index is 14.5. The maximum atomic E-state index is 14.5. The molecule has 0 saturated carbocycles. The number of aryl methyl sites for hydroxylation is 3. The number of amides is 1. The fourth-order valence-electron chi connectivity index (χ4n) is 3.30. The molecule has 1 aliphatic heterocycles. The van der Waals surface area contributed by atoms with Crippen LogP contribution in [0.1, 0.15) is 33.5 Å². The lowest BCUT2D eigenvalue weighted by Crippen LogP contribution is -2.17. The van der Waals surface area contributed by atoms with Crippen molar-refractivity contribution >= 4 is 23.5 Å². The highest BCUT2D eigenvalue weighted by Crippen LogP contribution is 2.44. The van der Waals surface area contributed by atoms with Gasteiger partial charge in [0.05, 0.1) is 16.7 Å². The molecule has 6 nitrogen and oxygen atoms in total. The Kier molecular flexibility index (Phi) is 4.62. The van der Waals surface area contributed by atoms with E-state index in [4.69, 9.17) is 0 Å². The lowest BCUT2D eigenvalue weighted by atomic mass is 10.0. The van der Waals surface area contributed by atoms with Crippen LogP contribution in [0.5, 0.6) is 0 Å². The van der Waals surface area contributed by atoms with E-state index in [-0.39, 0.29) is 17.2 Å². The van der Waals surface area contributed by atoms with E-state index < -0.39 is 16.9 Å². The molecule has 28 heavy (non-hydrogen) atoms. The Labute approximate surface area is 164 Å². The molecule has 1 aliphatic rings. The summed E-state index contributed by atoms with van der Waals surface area (Å²) in [7, 11) is 0. The molecular weight excluding hydrogens is 384 g/mol. The molecule has 1 atom stereocenters. The molecule has 9 heteroatoms. The Morgan fingerprint density at radius 1 is 1.18 bits per heavy atom. The lowest BCUT2D eigenvalue weighted by molar-refractivity contribution is -0.113. The van der Waals surface area contributed by atoms with Crippen molar-refractivity contribution in [2.45, 2.75) is 26.0 Å². The van der Waals surface area contributed by atoms with Crippen LogP contribution in [-0.2, 0) is 4.79 Å². The van der Waals surface area contributed by atoms with Gasteiger partial charge < -0.3 is 5.32 Å². The number of aromatic nitrogens is 4. The van der Waals surface area contributed by atoms with E-state index >= 15 is 0 Å². The van der Waals surface area contributed by atoms with Gasteiger partial charge in [0.15, 0.2) is 11.6 Å². The number of hydrogen-bond acceptors (Lipinski definition) is 5. The summed E-state index contributed by atoms with van der Waals surface area (Å²) >= 11 is 1.23. The van der Waals surface area contributed by atoms with Gasteiger partial charge in [-0.05, 0) is 32.9 Å². The number of nitrogens with zero attached hydrogens (tertiary/aromatic N) is 4. The predicted octanol–water partition coefficient (Wildman–Crippen LogP) is 3.64. The zero-order chi connectivity index (χ0) is 20.0. The van der Waals surface area contributed by atoms with Crippen LogP contribution in [0.3, 0.4) is 0 Å². The molecule has 0 fully saturated rings. The number of carbonyl (C=O) groups is 1. The summed E-state index contributed by atoms with van der Waals surface area (Å²) < 4.78 is 29.8. The molecule has 1 amide bonds. The topological polar surface area (TPSA) is 72.7 Å². The first-order valence-electron chi connectivity index (χ1n) is 8.62. The molecule has 0 aliphatic carbocycles. The normalized spacial score (nSPS) is 16.5. The molecule has 144 valence electrons. The molecule has 0 saturated heterocycles. The Bertz CT molecular complexity index is 1080. The molecule has 0 unspecified atom stereocenters. The summed E-state index contributed by atoms with van der Waals surface area (Å²) in [6.07, 6.45) is 0. The second kappa shape index (κ2) is 6.97. The van der Waals surface area contributed by atoms with Crippen LogP contribution in [0.4, 0.5) is 14.6 Å². The highest BCUT2D eigenvalue weighted by molar-refractivity contribution is 8.00. The minimum Gasteiger partial charge on any atom is -0.309 e. The Morgan fingerprint density at radius 2 is 1.89 bits per heavy atom. The van der Waals surface area contributed by atoms with E-state index in [1.807, 2.05) is 19.9 Å². The van der Waals surface area contributed by atoms with Gasteiger partial charge in [-0.15, -0.1) is 11.8 Å². The zero-order valence-electron chi connectivity index (χ0n) is 15.5. The molecule has 1 aromatic carbocycles. The third-order valence-corrected chi connectivity index (χ3v) is 5.68. The fraction of sp³-hybridized carbons (Fsp3) is 0.263. The third kappa shape index (κ3) is 3.15. The van der Waals surface area contributed by atoms with Crippen LogP contribution in [0.25, 0.3) is 5.95 Å². The second-order valence-corrected chi connectivity index (χ2v) is 7.69. The highest BCUT2D eigenvalue weighted by atomic mass is 32.2. The summed E-state index contributed by atoms with van der Waals surface area (Å²) in [5.74, 6) is -1.31. The van der Waals surface area contributed by atoms with Crippen molar-refractivity contribution < 1.29 is 13.6 Å².